The molecule has 39 heavy (non-hydrogen) atoms. The highest BCUT2D eigenvalue weighted by Crippen LogP contribution is 2.41. The number of benzene rings is 2. The summed E-state index contributed by atoms with van der Waals surface area (Å²) in [4.78, 5) is 23.5. The van der Waals surface area contributed by atoms with Gasteiger partial charge in [-0.3, -0.25) is 0 Å². The number of carboxylic acids is 1. The summed E-state index contributed by atoms with van der Waals surface area (Å²) in [5, 5.41) is 9.34. The van der Waals surface area contributed by atoms with Gasteiger partial charge in [-0.1, -0.05) is 44.7 Å². The van der Waals surface area contributed by atoms with Crippen LogP contribution in [0.4, 0.5) is 20.2 Å². The minimum atomic E-state index is -3.23. The van der Waals surface area contributed by atoms with Crippen LogP contribution in [0.1, 0.15) is 79.8 Å². The van der Waals surface area contributed by atoms with Gasteiger partial charge in [0, 0.05) is 23.9 Å². The van der Waals surface area contributed by atoms with Crippen molar-refractivity contribution in [1.82, 2.24) is 0 Å². The predicted molar refractivity (Wildman–Crippen MR) is 148 cm³/mol. The zero-order chi connectivity index (χ0) is 28.4. The zero-order valence-electron chi connectivity index (χ0n) is 22.3. The second kappa shape index (κ2) is 14.0. The molecule has 0 bridgehead atoms. The number of rotatable bonds is 13. The van der Waals surface area contributed by atoms with E-state index in [1.807, 2.05) is 0 Å². The quantitative estimate of drug-likeness (QED) is 0.111. The molecule has 0 atom stereocenters. The van der Waals surface area contributed by atoms with Crippen LogP contribution < -0.4 is 16.2 Å². The van der Waals surface area contributed by atoms with Crippen LogP contribution in [0.5, 0.6) is 5.75 Å². The molecule has 0 aliphatic heterocycles. The van der Waals surface area contributed by atoms with Crippen LogP contribution in [0, 0.1) is 11.8 Å². The summed E-state index contributed by atoms with van der Waals surface area (Å²) in [5.74, 6) is -1.99. The van der Waals surface area contributed by atoms with Gasteiger partial charge in [0.15, 0.2) is 0 Å². The molecular formula is C30H38F2N2O5. The number of anilines is 2. The van der Waals surface area contributed by atoms with Gasteiger partial charge in [0.05, 0.1) is 18.1 Å². The Morgan fingerprint density at radius 3 is 2.41 bits per heavy atom. The highest BCUT2D eigenvalue weighted by Gasteiger charge is 2.43. The number of nitrogen functional groups attached to an aromatic ring is 2. The number of ether oxygens (including phenoxy) is 2. The van der Waals surface area contributed by atoms with Crippen LogP contribution in [0.25, 0.3) is 6.08 Å². The standard InChI is InChI=1S/C30H38F2N2O5/c1-2-3-4-5-20-6-11-22(12-7-20)30(31,32)39-24-13-8-21(9-14-24)10-15-28(35)38-17-16-25-26(29(36)37)18-23(33)19-27(25)34/h8-10,13-15,18-20,22H,2-7,11-12,16-17,33-34H2,1H3,(H,36,37). The number of unbranched alkanes of at least 4 members (excludes halogenated alkanes) is 2. The predicted octanol–water partition coefficient (Wildman–Crippen LogP) is 6.71. The molecule has 2 aromatic carbocycles. The van der Waals surface area contributed by atoms with Gasteiger partial charge in [-0.2, -0.15) is 8.78 Å². The lowest BCUT2D eigenvalue weighted by atomic mass is 9.79. The SMILES string of the molecule is CCCCCC1CCC(C(F)(F)Oc2ccc(C=CC(=O)OCCc3c(N)cc(N)cc3C(=O)O)cc2)CC1. The van der Waals surface area contributed by atoms with Gasteiger partial charge < -0.3 is 26.0 Å². The third-order valence-corrected chi connectivity index (χ3v) is 7.22. The van der Waals surface area contributed by atoms with Crippen LogP contribution in [-0.2, 0) is 16.0 Å². The fourth-order valence-corrected chi connectivity index (χ4v) is 5.01. The summed E-state index contributed by atoms with van der Waals surface area (Å²) < 4.78 is 39.8. The molecule has 2 aromatic rings. The Hall–Kier alpha value is -3.62. The van der Waals surface area contributed by atoms with Gasteiger partial charge in [-0.15, -0.1) is 0 Å². The van der Waals surface area contributed by atoms with Gasteiger partial charge in [0.2, 0.25) is 0 Å². The number of hydrogen-bond donors (Lipinski definition) is 3. The lowest BCUT2D eigenvalue weighted by molar-refractivity contribution is -0.223. The van der Waals surface area contributed by atoms with Crippen LogP contribution in [-0.4, -0.2) is 29.8 Å². The molecule has 7 nitrogen and oxygen atoms in total. The molecule has 0 aromatic heterocycles. The maximum absolute atomic E-state index is 14.8. The monoisotopic (exact) mass is 544 g/mol. The van der Waals surface area contributed by atoms with Crippen molar-refractivity contribution >= 4 is 29.4 Å². The first-order valence-electron chi connectivity index (χ1n) is 13.5. The number of carbonyl (C=O) groups is 2. The van der Waals surface area contributed by atoms with E-state index < -0.39 is 24.0 Å². The smallest absolute Gasteiger partial charge is 0.400 e. The Morgan fingerprint density at radius 2 is 1.77 bits per heavy atom. The summed E-state index contributed by atoms with van der Waals surface area (Å²) in [5.41, 5.74) is 12.9. The Morgan fingerprint density at radius 1 is 1.08 bits per heavy atom. The van der Waals surface area contributed by atoms with Crippen molar-refractivity contribution in [1.29, 1.82) is 0 Å². The summed E-state index contributed by atoms with van der Waals surface area (Å²) in [7, 11) is 0. The summed E-state index contributed by atoms with van der Waals surface area (Å²) in [6.07, 6.45) is 6.80. The maximum atomic E-state index is 14.8. The Kier molecular flexibility index (Phi) is 10.7. The molecule has 3 rings (SSSR count). The fraction of sp³-hybridized carbons (Fsp3) is 0.467. The van der Waals surface area contributed by atoms with Crippen molar-refractivity contribution in [2.45, 2.75) is 70.8 Å². The second-order valence-corrected chi connectivity index (χ2v) is 10.1. The maximum Gasteiger partial charge on any atom is 0.400 e. The van der Waals surface area contributed by atoms with Crippen molar-refractivity contribution in [3.8, 4) is 5.75 Å². The molecule has 0 heterocycles. The molecule has 9 heteroatoms. The van der Waals surface area contributed by atoms with Crippen molar-refractivity contribution in [2.24, 2.45) is 11.8 Å². The molecule has 0 spiro atoms. The van der Waals surface area contributed by atoms with Gasteiger partial charge in [0.1, 0.15) is 5.75 Å². The number of carbonyl (C=O) groups excluding carboxylic acids is 1. The van der Waals surface area contributed by atoms with E-state index in [1.165, 1.54) is 49.3 Å². The molecule has 0 radical (unpaired) electrons. The minimum absolute atomic E-state index is 0.0398. The number of nitrogens with two attached hydrogens (primary N) is 2. The summed E-state index contributed by atoms with van der Waals surface area (Å²) in [6, 6.07) is 8.81. The Labute approximate surface area is 228 Å². The Balaban J connectivity index is 1.46. The highest BCUT2D eigenvalue weighted by atomic mass is 19.3. The van der Waals surface area contributed by atoms with E-state index in [-0.39, 0.29) is 35.7 Å². The lowest BCUT2D eigenvalue weighted by Crippen LogP contribution is -2.37. The van der Waals surface area contributed by atoms with Crippen molar-refractivity contribution < 1.29 is 33.0 Å². The number of hydrogen-bond acceptors (Lipinski definition) is 6. The summed E-state index contributed by atoms with van der Waals surface area (Å²) >= 11 is 0. The molecule has 1 aliphatic rings. The van der Waals surface area contributed by atoms with Crippen LogP contribution in [0.3, 0.4) is 0 Å². The van der Waals surface area contributed by atoms with Crippen LogP contribution >= 0.6 is 0 Å². The largest absolute Gasteiger partial charge is 0.478 e. The number of esters is 1. The van der Waals surface area contributed by atoms with E-state index >= 15 is 0 Å². The average Bonchev–Trinajstić information content (AvgIpc) is 2.89. The third-order valence-electron chi connectivity index (χ3n) is 7.22. The van der Waals surface area contributed by atoms with E-state index in [2.05, 4.69) is 6.92 Å². The number of alkyl halides is 2. The van der Waals surface area contributed by atoms with Crippen molar-refractivity contribution in [2.75, 3.05) is 18.1 Å². The number of aromatic carboxylic acids is 1. The second-order valence-electron chi connectivity index (χ2n) is 10.1. The number of halogens is 2. The molecule has 1 aliphatic carbocycles. The van der Waals surface area contributed by atoms with Crippen LogP contribution in [0.2, 0.25) is 0 Å². The van der Waals surface area contributed by atoms with E-state index in [0.717, 1.165) is 25.7 Å². The van der Waals surface area contributed by atoms with Gasteiger partial charge in [0.25, 0.3) is 0 Å². The van der Waals surface area contributed by atoms with Gasteiger partial charge in [-0.05, 0) is 73.1 Å². The molecule has 0 amide bonds. The normalized spacial score (nSPS) is 17.7. The first-order chi connectivity index (χ1) is 18.6. The minimum Gasteiger partial charge on any atom is -0.478 e. The topological polar surface area (TPSA) is 125 Å². The lowest BCUT2D eigenvalue weighted by Gasteiger charge is -2.33. The van der Waals surface area contributed by atoms with Crippen molar-refractivity contribution in [3.63, 3.8) is 0 Å². The highest BCUT2D eigenvalue weighted by molar-refractivity contribution is 5.92. The molecule has 1 fully saturated rings. The van der Waals surface area contributed by atoms with Crippen LogP contribution in [0.15, 0.2) is 42.5 Å². The average molecular weight is 545 g/mol. The number of carboxylic acid groups (broad SMARTS) is 1. The summed E-state index contributed by atoms with van der Waals surface area (Å²) in [6.45, 7) is 2.08. The first kappa shape index (κ1) is 29.9. The first-order valence-corrected chi connectivity index (χ1v) is 13.5. The van der Waals surface area contributed by atoms with Gasteiger partial charge >= 0.3 is 18.0 Å². The molecule has 0 unspecified atom stereocenters. The van der Waals surface area contributed by atoms with Crippen molar-refractivity contribution in [3.05, 3.63) is 59.2 Å². The molecule has 212 valence electrons. The molecule has 5 N–H and O–H groups in total. The molecular weight excluding hydrogens is 506 g/mol. The molecule has 0 saturated heterocycles. The molecule has 1 saturated carbocycles. The Bertz CT molecular complexity index is 1140. The third kappa shape index (κ3) is 8.97. The van der Waals surface area contributed by atoms with Gasteiger partial charge in [-0.25, -0.2) is 9.59 Å². The van der Waals surface area contributed by atoms with E-state index in [4.69, 9.17) is 20.9 Å². The van der Waals surface area contributed by atoms with E-state index in [1.54, 1.807) is 12.1 Å². The zero-order valence-corrected chi connectivity index (χ0v) is 22.3. The van der Waals surface area contributed by atoms with E-state index in [0.29, 0.717) is 29.9 Å². The fourth-order valence-electron chi connectivity index (χ4n) is 5.01. The van der Waals surface area contributed by atoms with E-state index in [9.17, 15) is 23.5 Å².